The van der Waals surface area contributed by atoms with Crippen LogP contribution >= 0.6 is 23.5 Å². The lowest BCUT2D eigenvalue weighted by Crippen LogP contribution is -2.37. The Labute approximate surface area is 93.5 Å². The summed E-state index contributed by atoms with van der Waals surface area (Å²) >= 11 is 3.95. The SMILES string of the molecule is C[C@]1(C2SCCCS2)C=C[C@@H](CO)O1. The van der Waals surface area contributed by atoms with Gasteiger partial charge >= 0.3 is 0 Å². The smallest absolute Gasteiger partial charge is 0.105 e. The van der Waals surface area contributed by atoms with Crippen LogP contribution in [0, 0.1) is 0 Å². The van der Waals surface area contributed by atoms with E-state index in [2.05, 4.69) is 13.0 Å². The van der Waals surface area contributed by atoms with Gasteiger partial charge in [0.25, 0.3) is 0 Å². The highest BCUT2D eigenvalue weighted by Crippen LogP contribution is 2.43. The predicted octanol–water partition coefficient (Wildman–Crippen LogP) is 1.89. The van der Waals surface area contributed by atoms with Gasteiger partial charge in [-0.15, -0.1) is 23.5 Å². The average Bonchev–Trinajstić information content (AvgIpc) is 2.63. The molecule has 0 aromatic heterocycles. The van der Waals surface area contributed by atoms with E-state index in [-0.39, 0.29) is 18.3 Å². The van der Waals surface area contributed by atoms with E-state index in [1.165, 1.54) is 17.9 Å². The fourth-order valence-electron chi connectivity index (χ4n) is 1.75. The molecule has 1 fully saturated rings. The number of rotatable bonds is 2. The van der Waals surface area contributed by atoms with Gasteiger partial charge in [0.1, 0.15) is 5.60 Å². The first-order chi connectivity index (χ1) is 6.74. The summed E-state index contributed by atoms with van der Waals surface area (Å²) < 4.78 is 6.32. The van der Waals surface area contributed by atoms with Crippen LogP contribution in [0.25, 0.3) is 0 Å². The largest absolute Gasteiger partial charge is 0.393 e. The maximum atomic E-state index is 9.01. The van der Waals surface area contributed by atoms with Gasteiger partial charge in [-0.1, -0.05) is 12.2 Å². The third-order valence-electron chi connectivity index (χ3n) is 2.52. The second kappa shape index (κ2) is 4.47. The van der Waals surface area contributed by atoms with Gasteiger partial charge in [-0.2, -0.15) is 0 Å². The van der Waals surface area contributed by atoms with Gasteiger partial charge in [0.2, 0.25) is 0 Å². The molecule has 0 bridgehead atoms. The zero-order valence-corrected chi connectivity index (χ0v) is 9.94. The van der Waals surface area contributed by atoms with Crippen molar-refractivity contribution in [3.05, 3.63) is 12.2 Å². The molecule has 80 valence electrons. The van der Waals surface area contributed by atoms with Crippen LogP contribution in [0.5, 0.6) is 0 Å². The van der Waals surface area contributed by atoms with Gasteiger partial charge in [0, 0.05) is 0 Å². The average molecular weight is 232 g/mol. The second-order valence-electron chi connectivity index (χ2n) is 3.81. The summed E-state index contributed by atoms with van der Waals surface area (Å²) in [4.78, 5) is 0. The maximum absolute atomic E-state index is 9.01. The van der Waals surface area contributed by atoms with Crippen molar-refractivity contribution in [2.75, 3.05) is 18.1 Å². The Balaban J connectivity index is 1.99. The summed E-state index contributed by atoms with van der Waals surface area (Å²) in [6, 6.07) is 0. The van der Waals surface area contributed by atoms with E-state index >= 15 is 0 Å². The molecular formula is C10H16O2S2. The van der Waals surface area contributed by atoms with E-state index in [4.69, 9.17) is 9.84 Å². The third-order valence-corrected chi connectivity index (χ3v) is 5.93. The highest BCUT2D eigenvalue weighted by Gasteiger charge is 2.39. The van der Waals surface area contributed by atoms with Crippen molar-refractivity contribution in [2.45, 2.75) is 29.6 Å². The summed E-state index contributed by atoms with van der Waals surface area (Å²) in [5.74, 6) is 2.46. The van der Waals surface area contributed by atoms with E-state index in [1.54, 1.807) is 0 Å². The molecule has 0 saturated carbocycles. The van der Waals surface area contributed by atoms with Crippen molar-refractivity contribution in [3.63, 3.8) is 0 Å². The molecule has 2 aliphatic rings. The maximum Gasteiger partial charge on any atom is 0.105 e. The first-order valence-electron chi connectivity index (χ1n) is 4.96. The van der Waals surface area contributed by atoms with E-state index in [0.717, 1.165) is 0 Å². The highest BCUT2D eigenvalue weighted by molar-refractivity contribution is 8.17. The summed E-state index contributed by atoms with van der Waals surface area (Å²) in [5.41, 5.74) is -0.177. The summed E-state index contributed by atoms with van der Waals surface area (Å²) in [6.45, 7) is 2.21. The molecule has 1 saturated heterocycles. The van der Waals surface area contributed by atoms with Crippen molar-refractivity contribution in [2.24, 2.45) is 0 Å². The van der Waals surface area contributed by atoms with Gasteiger partial charge in [-0.05, 0) is 24.9 Å². The van der Waals surface area contributed by atoms with Gasteiger partial charge in [-0.25, -0.2) is 0 Å². The van der Waals surface area contributed by atoms with E-state index in [1.807, 2.05) is 29.6 Å². The molecule has 1 N–H and O–H groups in total. The Hall–Kier alpha value is 0.360. The zero-order chi connectivity index (χ0) is 10.0. The molecule has 2 aliphatic heterocycles. The Morgan fingerprint density at radius 3 is 2.79 bits per heavy atom. The fraction of sp³-hybridized carbons (Fsp3) is 0.800. The lowest BCUT2D eigenvalue weighted by Gasteiger charge is -2.34. The zero-order valence-electron chi connectivity index (χ0n) is 8.31. The first kappa shape index (κ1) is 10.9. The highest BCUT2D eigenvalue weighted by atomic mass is 32.2. The van der Waals surface area contributed by atoms with Crippen molar-refractivity contribution in [1.29, 1.82) is 0 Å². The van der Waals surface area contributed by atoms with Gasteiger partial charge in [0.15, 0.2) is 0 Å². The topological polar surface area (TPSA) is 29.5 Å². The molecule has 4 heteroatoms. The van der Waals surface area contributed by atoms with Crippen LogP contribution in [0.3, 0.4) is 0 Å². The van der Waals surface area contributed by atoms with Gasteiger partial charge < -0.3 is 9.84 Å². The quantitative estimate of drug-likeness (QED) is 0.736. The molecule has 0 aliphatic carbocycles. The standard InChI is InChI=1S/C10H16O2S2/c1-10(4-3-8(7-11)12-10)9-13-5-2-6-14-9/h3-4,8-9,11H,2,5-7H2,1H3/t8-,10+/m0/s1. The van der Waals surface area contributed by atoms with Gasteiger partial charge in [-0.3, -0.25) is 0 Å². The van der Waals surface area contributed by atoms with E-state index in [0.29, 0.717) is 4.58 Å². The Kier molecular flexibility index (Phi) is 3.47. The molecule has 0 amide bonds. The monoisotopic (exact) mass is 232 g/mol. The molecule has 14 heavy (non-hydrogen) atoms. The summed E-state index contributed by atoms with van der Waals surface area (Å²) in [6.07, 6.45) is 5.30. The fourth-order valence-corrected chi connectivity index (χ4v) is 4.88. The molecule has 0 unspecified atom stereocenters. The van der Waals surface area contributed by atoms with Crippen LogP contribution in [0.15, 0.2) is 12.2 Å². The Morgan fingerprint density at radius 1 is 1.50 bits per heavy atom. The van der Waals surface area contributed by atoms with Crippen LogP contribution in [-0.2, 0) is 4.74 Å². The van der Waals surface area contributed by atoms with Crippen LogP contribution in [-0.4, -0.2) is 39.5 Å². The minimum absolute atomic E-state index is 0.0914. The van der Waals surface area contributed by atoms with Crippen molar-refractivity contribution >= 4 is 23.5 Å². The number of thioether (sulfide) groups is 2. The lowest BCUT2D eigenvalue weighted by atomic mass is 10.1. The van der Waals surface area contributed by atoms with E-state index in [9.17, 15) is 0 Å². The third kappa shape index (κ3) is 2.13. The molecule has 0 aromatic carbocycles. The number of hydrogen-bond acceptors (Lipinski definition) is 4. The second-order valence-corrected chi connectivity index (χ2v) is 6.53. The molecule has 0 aromatic rings. The predicted molar refractivity (Wildman–Crippen MR) is 62.8 cm³/mol. The molecular weight excluding hydrogens is 216 g/mol. The summed E-state index contributed by atoms with van der Waals surface area (Å²) in [5, 5.41) is 9.01. The lowest BCUT2D eigenvalue weighted by molar-refractivity contribution is -0.0235. The number of aliphatic hydroxyl groups is 1. The Morgan fingerprint density at radius 2 is 2.21 bits per heavy atom. The molecule has 0 radical (unpaired) electrons. The molecule has 0 spiro atoms. The van der Waals surface area contributed by atoms with Crippen LogP contribution in [0.2, 0.25) is 0 Å². The van der Waals surface area contributed by atoms with E-state index < -0.39 is 0 Å². The van der Waals surface area contributed by atoms with Gasteiger partial charge in [0.05, 0.1) is 17.3 Å². The molecule has 2 rings (SSSR count). The normalized spacial score (nSPS) is 39.1. The molecule has 2 nitrogen and oxygen atoms in total. The van der Waals surface area contributed by atoms with Crippen molar-refractivity contribution in [1.82, 2.24) is 0 Å². The molecule has 2 heterocycles. The number of aliphatic hydroxyl groups excluding tert-OH is 1. The van der Waals surface area contributed by atoms with Crippen LogP contribution in [0.1, 0.15) is 13.3 Å². The Bertz CT molecular complexity index is 226. The van der Waals surface area contributed by atoms with Crippen molar-refractivity contribution < 1.29 is 9.84 Å². The summed E-state index contributed by atoms with van der Waals surface area (Å²) in [7, 11) is 0. The van der Waals surface area contributed by atoms with Crippen LogP contribution < -0.4 is 0 Å². The number of hydrogen-bond donors (Lipinski definition) is 1. The minimum atomic E-state index is -0.177. The first-order valence-corrected chi connectivity index (χ1v) is 7.05. The van der Waals surface area contributed by atoms with Crippen molar-refractivity contribution in [3.8, 4) is 0 Å². The number of ether oxygens (including phenoxy) is 1. The minimum Gasteiger partial charge on any atom is -0.393 e. The molecule has 2 atom stereocenters. The van der Waals surface area contributed by atoms with Crippen LogP contribution in [0.4, 0.5) is 0 Å².